The molecule has 0 saturated heterocycles. The molecule has 0 radical (unpaired) electrons. The molecule has 57 heavy (non-hydrogen) atoms. The van der Waals surface area contributed by atoms with E-state index in [-0.39, 0.29) is 32.3 Å². The zero-order valence-electron chi connectivity index (χ0n) is 31.0. The minimum atomic E-state index is -1.47. The Bertz CT molecular complexity index is 2460. The Balaban J connectivity index is 0.927. The average molecular weight is 820 g/mol. The number of esters is 2. The van der Waals surface area contributed by atoms with Gasteiger partial charge in [0.25, 0.3) is 0 Å². The molecular weight excluding hydrogens is 780 g/mol. The minimum Gasteiger partial charge on any atom is -0.490 e. The van der Waals surface area contributed by atoms with E-state index in [4.69, 9.17) is 18.9 Å². The number of carbonyl (C=O) groups excluding carboxylic acids is 2. The zero-order chi connectivity index (χ0) is 39.1. The second-order valence-electron chi connectivity index (χ2n) is 14.6. The van der Waals surface area contributed by atoms with Crippen LogP contribution in [-0.4, -0.2) is 43.5 Å². The van der Waals surface area contributed by atoms with Crippen LogP contribution in [0.5, 0.6) is 11.5 Å². The van der Waals surface area contributed by atoms with Crippen molar-refractivity contribution >= 4 is 27.9 Å². The van der Waals surface area contributed by atoms with Crippen LogP contribution in [0.3, 0.4) is 0 Å². The predicted molar refractivity (Wildman–Crippen MR) is 220 cm³/mol. The molecule has 0 amide bonds. The second-order valence-corrected chi connectivity index (χ2v) is 15.5. The molecule has 0 aromatic heterocycles. The number of carbonyl (C=O) groups is 2. The molecule has 0 saturated carbocycles. The lowest BCUT2D eigenvalue weighted by Crippen LogP contribution is -2.50. The van der Waals surface area contributed by atoms with E-state index < -0.39 is 28.9 Å². The molecule has 4 aliphatic rings. The van der Waals surface area contributed by atoms with Gasteiger partial charge in [0.1, 0.15) is 43.5 Å². The van der Waals surface area contributed by atoms with E-state index in [0.29, 0.717) is 17.9 Å². The van der Waals surface area contributed by atoms with Gasteiger partial charge in [0.2, 0.25) is 0 Å². The number of halogens is 1. The van der Waals surface area contributed by atoms with Crippen LogP contribution in [0, 0.1) is 5.92 Å². The van der Waals surface area contributed by atoms with Gasteiger partial charge < -0.3 is 24.1 Å². The number of hydrogen-bond acceptors (Lipinski definition) is 7. The number of fused-ring (bicyclic) bond motifs is 4. The highest BCUT2D eigenvalue weighted by Crippen LogP contribution is 2.59. The lowest BCUT2D eigenvalue weighted by atomic mass is 9.56. The number of hydrogen-bond donors (Lipinski definition) is 1. The summed E-state index contributed by atoms with van der Waals surface area (Å²) in [7, 11) is 0. The van der Waals surface area contributed by atoms with Crippen molar-refractivity contribution in [3.63, 3.8) is 0 Å². The highest BCUT2D eigenvalue weighted by Gasteiger charge is 2.56. The number of ether oxygens (including phenoxy) is 4. The number of aliphatic hydroxyl groups is 1. The van der Waals surface area contributed by atoms with E-state index in [2.05, 4.69) is 101 Å². The van der Waals surface area contributed by atoms with Crippen LogP contribution in [0.4, 0.5) is 0 Å². The molecule has 0 heterocycles. The van der Waals surface area contributed by atoms with Crippen LogP contribution in [0.1, 0.15) is 56.8 Å². The molecule has 3 unspecified atom stereocenters. The summed E-state index contributed by atoms with van der Waals surface area (Å²) >= 11 is 3.58. The van der Waals surface area contributed by atoms with Crippen molar-refractivity contribution in [3.8, 4) is 22.6 Å². The fraction of sp³-hybridized carbons (Fsp3) is 0.184. The van der Waals surface area contributed by atoms with Gasteiger partial charge in [0.15, 0.2) is 0 Å². The molecule has 2 bridgehead atoms. The van der Waals surface area contributed by atoms with E-state index in [1.54, 1.807) is 0 Å². The fourth-order valence-electron chi connectivity index (χ4n) is 9.32. The van der Waals surface area contributed by atoms with Crippen molar-refractivity contribution in [3.05, 3.63) is 201 Å². The Hall–Kier alpha value is -5.96. The predicted octanol–water partition coefficient (Wildman–Crippen LogP) is 9.24. The first kappa shape index (κ1) is 36.7. The molecule has 0 fully saturated rings. The van der Waals surface area contributed by atoms with Gasteiger partial charge in [-0.25, -0.2) is 4.79 Å². The first-order valence-corrected chi connectivity index (χ1v) is 19.9. The van der Waals surface area contributed by atoms with Crippen LogP contribution in [0.15, 0.2) is 157 Å². The van der Waals surface area contributed by atoms with Gasteiger partial charge in [-0.05, 0) is 98.5 Å². The number of benzene rings is 6. The molecule has 0 aliphatic heterocycles. The third kappa shape index (κ3) is 6.06. The van der Waals surface area contributed by atoms with E-state index in [1.807, 2.05) is 60.7 Å². The molecular formula is C49H39BrO7. The van der Waals surface area contributed by atoms with E-state index in [1.165, 1.54) is 22.3 Å². The molecule has 284 valence electrons. The van der Waals surface area contributed by atoms with Crippen molar-refractivity contribution in [2.45, 2.75) is 23.4 Å². The quantitative estimate of drug-likeness (QED) is 0.0747. The number of rotatable bonds is 12. The summed E-state index contributed by atoms with van der Waals surface area (Å²) in [6.07, 6.45) is 1.60. The smallest absolute Gasteiger partial charge is 0.330 e. The highest BCUT2D eigenvalue weighted by atomic mass is 79.9. The van der Waals surface area contributed by atoms with Gasteiger partial charge in [0, 0.05) is 16.5 Å². The molecule has 10 rings (SSSR count). The highest BCUT2D eigenvalue weighted by molar-refractivity contribution is 9.10. The zero-order valence-corrected chi connectivity index (χ0v) is 32.6. The first-order valence-electron chi connectivity index (χ1n) is 19.1. The van der Waals surface area contributed by atoms with Crippen molar-refractivity contribution in [2.75, 3.05) is 26.4 Å². The minimum absolute atomic E-state index is 0.0102. The fourth-order valence-corrected chi connectivity index (χ4v) is 9.70. The van der Waals surface area contributed by atoms with Gasteiger partial charge >= 0.3 is 11.9 Å². The summed E-state index contributed by atoms with van der Waals surface area (Å²) in [5.74, 6) is -0.346. The lowest BCUT2D eigenvalue weighted by molar-refractivity contribution is -0.160. The molecule has 3 atom stereocenters. The molecule has 8 heteroatoms. The topological polar surface area (TPSA) is 91.3 Å². The SMILES string of the molecule is C=CC(=O)OCCOc1ccc(C2(c3ccc(OCCOC(=O)C4CC5c6ccccc6C4(O)c4ccc(Br)cc45)cc3)c3ccccc3-c3ccccc32)cc1. The van der Waals surface area contributed by atoms with Gasteiger partial charge in [-0.15, -0.1) is 0 Å². The summed E-state index contributed by atoms with van der Waals surface area (Å²) < 4.78 is 23.8. The van der Waals surface area contributed by atoms with Crippen molar-refractivity contribution < 1.29 is 33.6 Å². The van der Waals surface area contributed by atoms with Crippen molar-refractivity contribution in [1.82, 2.24) is 0 Å². The summed E-state index contributed by atoms with van der Waals surface area (Å²) in [5.41, 5.74) is 8.37. The summed E-state index contributed by atoms with van der Waals surface area (Å²) in [6, 6.07) is 46.9. The van der Waals surface area contributed by atoms with Gasteiger partial charge in [-0.2, -0.15) is 0 Å². The van der Waals surface area contributed by atoms with Crippen molar-refractivity contribution in [2.24, 2.45) is 5.92 Å². The third-order valence-electron chi connectivity index (χ3n) is 11.7. The Labute approximate surface area is 339 Å². The van der Waals surface area contributed by atoms with Crippen LogP contribution in [0.2, 0.25) is 0 Å². The lowest BCUT2D eigenvalue weighted by Gasteiger charge is -2.50. The van der Waals surface area contributed by atoms with Gasteiger partial charge in [0.05, 0.1) is 11.3 Å². The monoisotopic (exact) mass is 818 g/mol. The summed E-state index contributed by atoms with van der Waals surface area (Å²) in [5, 5.41) is 12.3. The van der Waals surface area contributed by atoms with E-state index in [9.17, 15) is 14.7 Å². The van der Waals surface area contributed by atoms with Crippen LogP contribution in [0.25, 0.3) is 11.1 Å². The van der Waals surface area contributed by atoms with E-state index in [0.717, 1.165) is 43.9 Å². The Morgan fingerprint density at radius 1 is 0.649 bits per heavy atom. The van der Waals surface area contributed by atoms with Crippen LogP contribution in [-0.2, 0) is 30.1 Å². The second kappa shape index (κ2) is 14.8. The van der Waals surface area contributed by atoms with E-state index >= 15 is 0 Å². The average Bonchev–Trinajstić information content (AvgIpc) is 3.55. The normalized spacial score (nSPS) is 19.0. The third-order valence-corrected chi connectivity index (χ3v) is 12.2. The summed E-state index contributed by atoms with van der Waals surface area (Å²) in [6.45, 7) is 3.97. The molecule has 7 nitrogen and oxygen atoms in total. The standard InChI is InChI=1S/C49H39BrO7/c1-2-46(51)56-27-25-54-34-20-15-31(16-21-34)48(41-12-6-3-9-36(41)37-10-4-7-13-42(37)48)32-17-22-35(23-18-32)55-26-28-57-47(52)45-30-39-38-11-5-8-14-43(38)49(45,53)44-24-19-33(50)29-40(39)44/h2-24,29,39,45,53H,1,25-28,30H2. The molecule has 6 aromatic rings. The molecule has 6 aromatic carbocycles. The Morgan fingerprint density at radius 3 is 1.77 bits per heavy atom. The molecule has 4 aliphatic carbocycles. The van der Waals surface area contributed by atoms with Crippen molar-refractivity contribution in [1.29, 1.82) is 0 Å². The maximum Gasteiger partial charge on any atom is 0.330 e. The molecule has 0 spiro atoms. The first-order chi connectivity index (χ1) is 27.8. The largest absolute Gasteiger partial charge is 0.490 e. The molecule has 1 N–H and O–H groups in total. The summed E-state index contributed by atoms with van der Waals surface area (Å²) in [4.78, 5) is 25.1. The Morgan fingerprint density at radius 2 is 1.18 bits per heavy atom. The van der Waals surface area contributed by atoms with Crippen LogP contribution >= 0.6 is 15.9 Å². The maximum absolute atomic E-state index is 13.7. The van der Waals surface area contributed by atoms with Crippen LogP contribution < -0.4 is 9.47 Å². The van der Waals surface area contributed by atoms with Gasteiger partial charge in [-0.3, -0.25) is 4.79 Å². The Kier molecular flexibility index (Phi) is 9.55. The maximum atomic E-state index is 13.7. The van der Waals surface area contributed by atoms with Gasteiger partial charge in [-0.1, -0.05) is 126 Å².